The molecule has 0 aliphatic carbocycles. The number of benzene rings is 1. The molecule has 1 N–H and O–H groups in total. The molecule has 0 spiro atoms. The lowest BCUT2D eigenvalue weighted by Crippen LogP contribution is -2.31. The molecule has 1 atom stereocenters. The van der Waals surface area contributed by atoms with Crippen molar-refractivity contribution in [3.05, 3.63) is 54.0 Å². The third kappa shape index (κ3) is 3.41. The first kappa shape index (κ1) is 14.2. The molecule has 0 unspecified atom stereocenters. The Labute approximate surface area is 117 Å². The van der Waals surface area contributed by atoms with Crippen LogP contribution in [-0.4, -0.2) is 16.9 Å². The van der Waals surface area contributed by atoms with Crippen LogP contribution in [-0.2, 0) is 0 Å². The summed E-state index contributed by atoms with van der Waals surface area (Å²) >= 11 is 0. The fourth-order valence-corrected chi connectivity index (χ4v) is 1.76. The van der Waals surface area contributed by atoms with Crippen LogP contribution in [0.4, 0.5) is 4.39 Å². The summed E-state index contributed by atoms with van der Waals surface area (Å²) in [5.74, 6) is -0.444. The Morgan fingerprint density at radius 1 is 1.35 bits per heavy atom. The van der Waals surface area contributed by atoms with Gasteiger partial charge < -0.3 is 5.32 Å². The Morgan fingerprint density at radius 2 is 2.15 bits per heavy atom. The summed E-state index contributed by atoms with van der Waals surface area (Å²) in [7, 11) is 0. The summed E-state index contributed by atoms with van der Waals surface area (Å²) in [6, 6.07) is 9.77. The number of nitrogens with zero attached hydrogens (tertiary/aromatic N) is 1. The monoisotopic (exact) mass is 272 g/mol. The molecule has 1 aromatic heterocycles. The highest BCUT2D eigenvalue weighted by molar-refractivity contribution is 5.94. The van der Waals surface area contributed by atoms with Gasteiger partial charge in [-0.3, -0.25) is 9.78 Å². The van der Waals surface area contributed by atoms with Gasteiger partial charge in [-0.05, 0) is 37.6 Å². The predicted molar refractivity (Wildman–Crippen MR) is 76.9 cm³/mol. The van der Waals surface area contributed by atoms with Crippen LogP contribution in [0.25, 0.3) is 11.3 Å². The number of nitrogens with one attached hydrogen (secondary N) is 1. The van der Waals surface area contributed by atoms with E-state index in [0.717, 1.165) is 6.42 Å². The summed E-state index contributed by atoms with van der Waals surface area (Å²) in [6.45, 7) is 3.96. The summed E-state index contributed by atoms with van der Waals surface area (Å²) in [5.41, 5.74) is 1.84. The molecule has 2 aromatic rings. The van der Waals surface area contributed by atoms with E-state index in [1.165, 1.54) is 18.3 Å². The average molecular weight is 272 g/mol. The largest absolute Gasteiger partial charge is 0.350 e. The van der Waals surface area contributed by atoms with E-state index in [2.05, 4.69) is 10.3 Å². The van der Waals surface area contributed by atoms with Crippen molar-refractivity contribution in [3.8, 4) is 11.3 Å². The van der Waals surface area contributed by atoms with Crippen LogP contribution in [0.1, 0.15) is 30.6 Å². The number of rotatable bonds is 4. The van der Waals surface area contributed by atoms with E-state index < -0.39 is 0 Å². The lowest BCUT2D eigenvalue weighted by Gasteiger charge is -2.11. The van der Waals surface area contributed by atoms with Gasteiger partial charge in [0.2, 0.25) is 0 Å². The fourth-order valence-electron chi connectivity index (χ4n) is 1.76. The highest BCUT2D eigenvalue weighted by Crippen LogP contribution is 2.17. The van der Waals surface area contributed by atoms with Gasteiger partial charge in [-0.2, -0.15) is 0 Å². The molecule has 1 heterocycles. The minimum atomic E-state index is -0.303. The lowest BCUT2D eigenvalue weighted by molar-refractivity contribution is 0.0939. The normalized spacial score (nSPS) is 11.9. The highest BCUT2D eigenvalue weighted by Gasteiger charge is 2.09. The Bertz CT molecular complexity index is 596. The standard InChI is InChI=1S/C16H17FN2O/c1-3-11(2)19-16(20)13-7-8-15(18-10-13)12-5-4-6-14(17)9-12/h4-11H,3H2,1-2H3,(H,19,20)/t11-/m0/s1. The Morgan fingerprint density at radius 3 is 2.75 bits per heavy atom. The SMILES string of the molecule is CC[C@H](C)NC(=O)c1ccc(-c2cccc(F)c2)nc1. The molecule has 1 aromatic carbocycles. The summed E-state index contributed by atoms with van der Waals surface area (Å²) < 4.78 is 13.2. The van der Waals surface area contributed by atoms with Gasteiger partial charge in [-0.1, -0.05) is 19.1 Å². The summed E-state index contributed by atoms with van der Waals surface area (Å²) in [6.07, 6.45) is 2.39. The van der Waals surface area contributed by atoms with Gasteiger partial charge in [0.05, 0.1) is 11.3 Å². The third-order valence-corrected chi connectivity index (χ3v) is 3.14. The number of pyridine rings is 1. The van der Waals surface area contributed by atoms with E-state index >= 15 is 0 Å². The number of halogens is 1. The van der Waals surface area contributed by atoms with E-state index in [1.807, 2.05) is 13.8 Å². The van der Waals surface area contributed by atoms with E-state index in [0.29, 0.717) is 16.8 Å². The number of hydrogen-bond donors (Lipinski definition) is 1. The molecule has 20 heavy (non-hydrogen) atoms. The second-order valence-corrected chi connectivity index (χ2v) is 4.73. The van der Waals surface area contributed by atoms with Crippen LogP contribution in [0.2, 0.25) is 0 Å². The van der Waals surface area contributed by atoms with Crippen molar-refractivity contribution in [1.29, 1.82) is 0 Å². The number of carbonyl (C=O) groups is 1. The first-order valence-electron chi connectivity index (χ1n) is 6.63. The van der Waals surface area contributed by atoms with E-state index in [1.54, 1.807) is 24.3 Å². The molecule has 0 bridgehead atoms. The van der Waals surface area contributed by atoms with Crippen LogP contribution >= 0.6 is 0 Å². The molecule has 0 radical (unpaired) electrons. The molecule has 0 aliphatic heterocycles. The molecule has 0 saturated carbocycles. The third-order valence-electron chi connectivity index (χ3n) is 3.14. The fraction of sp³-hybridized carbons (Fsp3) is 0.250. The second kappa shape index (κ2) is 6.28. The molecule has 1 amide bonds. The van der Waals surface area contributed by atoms with Gasteiger partial charge in [-0.25, -0.2) is 4.39 Å². The number of amides is 1. The first-order chi connectivity index (χ1) is 9.60. The van der Waals surface area contributed by atoms with Crippen molar-refractivity contribution in [1.82, 2.24) is 10.3 Å². The van der Waals surface area contributed by atoms with Crippen LogP contribution in [0.3, 0.4) is 0 Å². The average Bonchev–Trinajstić information content (AvgIpc) is 2.47. The molecule has 104 valence electrons. The molecular weight excluding hydrogens is 255 g/mol. The molecule has 3 nitrogen and oxygen atoms in total. The van der Waals surface area contributed by atoms with Gasteiger partial charge in [0.1, 0.15) is 5.82 Å². The van der Waals surface area contributed by atoms with Crippen molar-refractivity contribution >= 4 is 5.91 Å². The maximum atomic E-state index is 13.2. The smallest absolute Gasteiger partial charge is 0.253 e. The molecular formula is C16H17FN2O. The van der Waals surface area contributed by atoms with E-state index in [9.17, 15) is 9.18 Å². The first-order valence-corrected chi connectivity index (χ1v) is 6.63. The zero-order valence-electron chi connectivity index (χ0n) is 11.6. The minimum absolute atomic E-state index is 0.130. The zero-order chi connectivity index (χ0) is 14.5. The van der Waals surface area contributed by atoms with Crippen LogP contribution in [0, 0.1) is 5.82 Å². The summed E-state index contributed by atoms with van der Waals surface area (Å²) in [5, 5.41) is 2.88. The lowest BCUT2D eigenvalue weighted by atomic mass is 10.1. The van der Waals surface area contributed by atoms with Crippen molar-refractivity contribution < 1.29 is 9.18 Å². The van der Waals surface area contributed by atoms with Crippen molar-refractivity contribution in [2.75, 3.05) is 0 Å². The molecule has 0 saturated heterocycles. The quantitative estimate of drug-likeness (QED) is 0.926. The van der Waals surface area contributed by atoms with Crippen LogP contribution in [0.5, 0.6) is 0 Å². The number of carbonyl (C=O) groups excluding carboxylic acids is 1. The van der Waals surface area contributed by atoms with Gasteiger partial charge in [-0.15, -0.1) is 0 Å². The number of hydrogen-bond acceptors (Lipinski definition) is 2. The molecule has 4 heteroatoms. The van der Waals surface area contributed by atoms with Gasteiger partial charge in [0, 0.05) is 17.8 Å². The van der Waals surface area contributed by atoms with Crippen molar-refractivity contribution in [2.24, 2.45) is 0 Å². The topological polar surface area (TPSA) is 42.0 Å². The van der Waals surface area contributed by atoms with Gasteiger partial charge >= 0.3 is 0 Å². The Hall–Kier alpha value is -2.23. The minimum Gasteiger partial charge on any atom is -0.350 e. The number of aromatic nitrogens is 1. The maximum Gasteiger partial charge on any atom is 0.253 e. The van der Waals surface area contributed by atoms with Crippen molar-refractivity contribution in [2.45, 2.75) is 26.3 Å². The highest BCUT2D eigenvalue weighted by atomic mass is 19.1. The van der Waals surface area contributed by atoms with Crippen LogP contribution in [0.15, 0.2) is 42.6 Å². The second-order valence-electron chi connectivity index (χ2n) is 4.73. The van der Waals surface area contributed by atoms with E-state index in [4.69, 9.17) is 0 Å². The van der Waals surface area contributed by atoms with Gasteiger partial charge in [0.15, 0.2) is 0 Å². The van der Waals surface area contributed by atoms with E-state index in [-0.39, 0.29) is 17.8 Å². The molecule has 0 aliphatic rings. The zero-order valence-corrected chi connectivity index (χ0v) is 11.6. The predicted octanol–water partition coefficient (Wildman–Crippen LogP) is 3.42. The van der Waals surface area contributed by atoms with Crippen molar-refractivity contribution in [3.63, 3.8) is 0 Å². The Kier molecular flexibility index (Phi) is 4.45. The summed E-state index contributed by atoms with van der Waals surface area (Å²) in [4.78, 5) is 16.1. The maximum absolute atomic E-state index is 13.2. The molecule has 2 rings (SSSR count). The Balaban J connectivity index is 2.16. The van der Waals surface area contributed by atoms with Gasteiger partial charge in [0.25, 0.3) is 5.91 Å². The van der Waals surface area contributed by atoms with Crippen LogP contribution < -0.4 is 5.32 Å². The molecule has 0 fully saturated rings.